The number of para-hydroxylation sites is 1. The Balaban J connectivity index is 2.03. The van der Waals surface area contributed by atoms with Gasteiger partial charge in [0.05, 0.1) is 18.7 Å². The molecule has 0 bridgehead atoms. The molecule has 5 nitrogen and oxygen atoms in total. The van der Waals surface area contributed by atoms with E-state index in [1.807, 2.05) is 17.0 Å². The van der Waals surface area contributed by atoms with Crippen molar-refractivity contribution in [1.82, 2.24) is 10.2 Å². The zero-order chi connectivity index (χ0) is 12.5. The number of fused-ring (bicyclic) bond motifs is 2. The van der Waals surface area contributed by atoms with Gasteiger partial charge in [0.15, 0.2) is 11.5 Å². The standard InChI is InChI=1S/C13H16N2O3/c1-17-11-4-2-3-10-12(11)18-8-9-7-14-5-6-15(9)13(10)16/h2-4,9,14H,5-8H2,1H3. The SMILES string of the molecule is COc1cccc2c1OCC1CNCCN1C2=O. The lowest BCUT2D eigenvalue weighted by molar-refractivity contribution is 0.0606. The fraction of sp³-hybridized carbons (Fsp3) is 0.462. The van der Waals surface area contributed by atoms with Crippen LogP contribution in [0.1, 0.15) is 10.4 Å². The maximum atomic E-state index is 12.5. The van der Waals surface area contributed by atoms with Crippen LogP contribution in [0, 0.1) is 0 Å². The Labute approximate surface area is 106 Å². The molecule has 1 aromatic carbocycles. The summed E-state index contributed by atoms with van der Waals surface area (Å²) in [5.74, 6) is 1.22. The van der Waals surface area contributed by atoms with Gasteiger partial charge >= 0.3 is 0 Å². The molecule has 5 heteroatoms. The molecule has 0 aliphatic carbocycles. The number of piperazine rings is 1. The van der Waals surface area contributed by atoms with Crippen molar-refractivity contribution in [2.75, 3.05) is 33.4 Å². The molecule has 0 spiro atoms. The number of nitrogens with one attached hydrogen (secondary N) is 1. The van der Waals surface area contributed by atoms with Gasteiger partial charge in [0.25, 0.3) is 5.91 Å². The molecule has 2 aliphatic heterocycles. The van der Waals surface area contributed by atoms with Crippen molar-refractivity contribution in [3.8, 4) is 11.5 Å². The van der Waals surface area contributed by atoms with Crippen molar-refractivity contribution >= 4 is 5.91 Å². The summed E-state index contributed by atoms with van der Waals surface area (Å²) in [5.41, 5.74) is 0.596. The van der Waals surface area contributed by atoms with Crippen LogP contribution in [0.3, 0.4) is 0 Å². The quantitative estimate of drug-likeness (QED) is 0.786. The lowest BCUT2D eigenvalue weighted by Crippen LogP contribution is -2.54. The molecule has 1 saturated heterocycles. The van der Waals surface area contributed by atoms with Crippen LogP contribution in [0.25, 0.3) is 0 Å². The highest BCUT2D eigenvalue weighted by atomic mass is 16.5. The third-order valence-electron chi connectivity index (χ3n) is 3.46. The van der Waals surface area contributed by atoms with E-state index in [1.165, 1.54) is 0 Å². The summed E-state index contributed by atoms with van der Waals surface area (Å²) in [4.78, 5) is 14.4. The van der Waals surface area contributed by atoms with Crippen LogP contribution in [0.5, 0.6) is 11.5 Å². The zero-order valence-electron chi connectivity index (χ0n) is 10.3. The molecule has 1 unspecified atom stereocenters. The Kier molecular flexibility index (Phi) is 2.83. The molecule has 2 aliphatic rings. The maximum absolute atomic E-state index is 12.5. The van der Waals surface area contributed by atoms with Crippen LogP contribution in [0.2, 0.25) is 0 Å². The Morgan fingerprint density at radius 2 is 2.39 bits per heavy atom. The Morgan fingerprint density at radius 3 is 3.22 bits per heavy atom. The van der Waals surface area contributed by atoms with E-state index in [0.29, 0.717) is 23.7 Å². The summed E-state index contributed by atoms with van der Waals surface area (Å²) in [6.07, 6.45) is 0. The number of amides is 1. The first kappa shape index (κ1) is 11.3. The minimum Gasteiger partial charge on any atom is -0.493 e. The predicted octanol–water partition coefficient (Wildman–Crippen LogP) is 0.502. The number of carbonyl (C=O) groups is 1. The monoisotopic (exact) mass is 248 g/mol. The molecule has 18 heavy (non-hydrogen) atoms. The van der Waals surface area contributed by atoms with E-state index in [1.54, 1.807) is 13.2 Å². The van der Waals surface area contributed by atoms with Gasteiger partial charge in [-0.05, 0) is 12.1 Å². The summed E-state index contributed by atoms with van der Waals surface area (Å²) in [7, 11) is 1.59. The molecular weight excluding hydrogens is 232 g/mol. The van der Waals surface area contributed by atoms with Gasteiger partial charge in [0.1, 0.15) is 6.61 Å². The largest absolute Gasteiger partial charge is 0.493 e. The topological polar surface area (TPSA) is 50.8 Å². The van der Waals surface area contributed by atoms with Crippen LogP contribution in [-0.2, 0) is 0 Å². The summed E-state index contributed by atoms with van der Waals surface area (Å²) in [5, 5.41) is 3.28. The van der Waals surface area contributed by atoms with Gasteiger partial charge in [0.2, 0.25) is 0 Å². The molecule has 1 atom stereocenters. The first-order valence-corrected chi connectivity index (χ1v) is 6.12. The van der Waals surface area contributed by atoms with Gasteiger partial charge in [-0.25, -0.2) is 0 Å². The minimum absolute atomic E-state index is 0.0351. The average Bonchev–Trinajstić information content (AvgIpc) is 2.57. The number of hydrogen-bond donors (Lipinski definition) is 1. The van der Waals surface area contributed by atoms with Crippen molar-refractivity contribution < 1.29 is 14.3 Å². The third kappa shape index (κ3) is 1.71. The molecule has 2 heterocycles. The molecule has 0 aromatic heterocycles. The summed E-state index contributed by atoms with van der Waals surface area (Å²) < 4.78 is 11.0. The highest BCUT2D eigenvalue weighted by molar-refractivity contribution is 5.98. The molecule has 96 valence electrons. The van der Waals surface area contributed by atoms with Gasteiger partial charge in [-0.3, -0.25) is 4.79 Å². The fourth-order valence-corrected chi connectivity index (χ4v) is 2.51. The molecular formula is C13H16N2O3. The predicted molar refractivity (Wildman–Crippen MR) is 66.2 cm³/mol. The second kappa shape index (κ2) is 4.49. The van der Waals surface area contributed by atoms with Gasteiger partial charge in [-0.2, -0.15) is 0 Å². The van der Waals surface area contributed by atoms with Crippen LogP contribution in [0.15, 0.2) is 18.2 Å². The van der Waals surface area contributed by atoms with Crippen LogP contribution in [-0.4, -0.2) is 50.2 Å². The van der Waals surface area contributed by atoms with Gasteiger partial charge in [0, 0.05) is 19.6 Å². The number of hydrogen-bond acceptors (Lipinski definition) is 4. The van der Waals surface area contributed by atoms with Crippen molar-refractivity contribution in [2.24, 2.45) is 0 Å². The lowest BCUT2D eigenvalue weighted by Gasteiger charge is -2.33. The smallest absolute Gasteiger partial charge is 0.258 e. The van der Waals surface area contributed by atoms with Crippen molar-refractivity contribution in [3.63, 3.8) is 0 Å². The van der Waals surface area contributed by atoms with Crippen molar-refractivity contribution in [1.29, 1.82) is 0 Å². The molecule has 1 aromatic rings. The summed E-state index contributed by atoms with van der Waals surface area (Å²) in [6.45, 7) is 2.85. The summed E-state index contributed by atoms with van der Waals surface area (Å²) in [6, 6.07) is 5.53. The third-order valence-corrected chi connectivity index (χ3v) is 3.46. The second-order valence-corrected chi connectivity index (χ2v) is 4.50. The highest BCUT2D eigenvalue weighted by Gasteiger charge is 2.33. The maximum Gasteiger partial charge on any atom is 0.258 e. The van der Waals surface area contributed by atoms with E-state index < -0.39 is 0 Å². The first-order valence-electron chi connectivity index (χ1n) is 6.12. The number of ether oxygens (including phenoxy) is 2. The number of carbonyl (C=O) groups excluding carboxylic acids is 1. The van der Waals surface area contributed by atoms with E-state index in [4.69, 9.17) is 9.47 Å². The molecule has 0 saturated carbocycles. The fourth-order valence-electron chi connectivity index (χ4n) is 2.51. The molecule has 3 rings (SSSR count). The molecule has 1 N–H and O–H groups in total. The van der Waals surface area contributed by atoms with Gasteiger partial charge in [-0.1, -0.05) is 6.07 Å². The Bertz CT molecular complexity index is 475. The van der Waals surface area contributed by atoms with Crippen LogP contribution < -0.4 is 14.8 Å². The van der Waals surface area contributed by atoms with Gasteiger partial charge in [-0.15, -0.1) is 0 Å². The van der Waals surface area contributed by atoms with Gasteiger partial charge < -0.3 is 19.7 Å². The highest BCUT2D eigenvalue weighted by Crippen LogP contribution is 2.34. The van der Waals surface area contributed by atoms with Crippen molar-refractivity contribution in [2.45, 2.75) is 6.04 Å². The normalized spacial score (nSPS) is 22.6. The average molecular weight is 248 g/mol. The van der Waals surface area contributed by atoms with E-state index >= 15 is 0 Å². The molecule has 1 amide bonds. The Morgan fingerprint density at radius 1 is 1.50 bits per heavy atom. The molecule has 0 radical (unpaired) electrons. The second-order valence-electron chi connectivity index (χ2n) is 4.50. The number of benzene rings is 1. The first-order chi connectivity index (χ1) is 8.81. The Hall–Kier alpha value is -1.75. The van der Waals surface area contributed by atoms with E-state index in [9.17, 15) is 4.79 Å². The van der Waals surface area contributed by atoms with Crippen LogP contribution in [0.4, 0.5) is 0 Å². The van der Waals surface area contributed by atoms with E-state index in [2.05, 4.69) is 5.32 Å². The summed E-state index contributed by atoms with van der Waals surface area (Å²) >= 11 is 0. The van der Waals surface area contributed by atoms with Crippen LogP contribution >= 0.6 is 0 Å². The number of nitrogens with zero attached hydrogens (tertiary/aromatic N) is 1. The number of methoxy groups -OCH3 is 1. The zero-order valence-corrected chi connectivity index (χ0v) is 10.3. The van der Waals surface area contributed by atoms with E-state index in [-0.39, 0.29) is 11.9 Å². The van der Waals surface area contributed by atoms with Crippen molar-refractivity contribution in [3.05, 3.63) is 23.8 Å². The number of rotatable bonds is 1. The lowest BCUT2D eigenvalue weighted by atomic mass is 10.1. The van der Waals surface area contributed by atoms with E-state index in [0.717, 1.165) is 19.6 Å². The minimum atomic E-state index is 0.0351. The molecule has 1 fully saturated rings.